The van der Waals surface area contributed by atoms with Crippen LogP contribution in [0.3, 0.4) is 0 Å². The smallest absolute Gasteiger partial charge is 0.269 e. The highest BCUT2D eigenvalue weighted by atomic mass is 35.5. The molecule has 7 heteroatoms. The molecule has 0 unspecified atom stereocenters. The molecular formula is C16H15ClN2O3S. The second kappa shape index (κ2) is 7.89. The van der Waals surface area contributed by atoms with Crippen molar-refractivity contribution in [1.29, 1.82) is 0 Å². The highest BCUT2D eigenvalue weighted by Crippen LogP contribution is 2.24. The van der Waals surface area contributed by atoms with E-state index >= 15 is 0 Å². The van der Waals surface area contributed by atoms with Gasteiger partial charge in [0.1, 0.15) is 5.75 Å². The number of hydrogen-bond acceptors (Lipinski definition) is 4. The molecule has 0 aliphatic carbocycles. The Hall–Kier alpha value is -2.18. The quantitative estimate of drug-likeness (QED) is 0.585. The summed E-state index contributed by atoms with van der Waals surface area (Å²) in [4.78, 5) is 24.7. The lowest BCUT2D eigenvalue weighted by atomic mass is 10.2. The molecule has 0 saturated heterocycles. The molecule has 0 aliphatic rings. The molecule has 2 rings (SSSR count). The van der Waals surface area contributed by atoms with Crippen molar-refractivity contribution < 1.29 is 14.7 Å². The summed E-state index contributed by atoms with van der Waals surface area (Å²) in [5, 5.41) is 9.41. The number of halogens is 1. The van der Waals surface area contributed by atoms with Gasteiger partial charge >= 0.3 is 0 Å². The predicted octanol–water partition coefficient (Wildman–Crippen LogP) is 2.99. The van der Waals surface area contributed by atoms with Gasteiger partial charge in [0.25, 0.3) is 11.8 Å². The number of carbonyl (C=O) groups is 2. The molecule has 3 N–H and O–H groups in total. The van der Waals surface area contributed by atoms with E-state index in [4.69, 9.17) is 11.6 Å². The van der Waals surface area contributed by atoms with Crippen LogP contribution >= 0.6 is 23.4 Å². The van der Waals surface area contributed by atoms with Crippen LogP contribution in [0.2, 0.25) is 5.02 Å². The molecule has 2 aromatic rings. The largest absolute Gasteiger partial charge is 0.508 e. The number of amides is 2. The molecule has 0 radical (unpaired) electrons. The van der Waals surface area contributed by atoms with Crippen LogP contribution in [0, 0.1) is 0 Å². The number of aromatic hydroxyl groups is 1. The minimum Gasteiger partial charge on any atom is -0.508 e. The third kappa shape index (κ3) is 5.19. The predicted molar refractivity (Wildman–Crippen MR) is 90.5 cm³/mol. The summed E-state index contributed by atoms with van der Waals surface area (Å²) in [6.45, 7) is 1.74. The maximum atomic E-state index is 12.0. The third-order valence-corrected chi connectivity index (χ3v) is 4.29. The van der Waals surface area contributed by atoms with E-state index in [2.05, 4.69) is 10.9 Å². The number of benzene rings is 2. The molecule has 0 saturated carbocycles. The fourth-order valence-electron chi connectivity index (χ4n) is 1.68. The number of phenolic OH excluding ortho intramolecular Hbond substituents is 1. The molecule has 1 atom stereocenters. The normalized spacial score (nSPS) is 11.6. The van der Waals surface area contributed by atoms with Crippen LogP contribution in [0.25, 0.3) is 0 Å². The minimum absolute atomic E-state index is 0.0681. The zero-order valence-corrected chi connectivity index (χ0v) is 13.8. The number of thioether (sulfide) groups is 1. The summed E-state index contributed by atoms with van der Waals surface area (Å²) in [5.41, 5.74) is 5.05. The first-order valence-electron chi connectivity index (χ1n) is 6.77. The van der Waals surface area contributed by atoms with Crippen molar-refractivity contribution >= 4 is 35.2 Å². The molecule has 23 heavy (non-hydrogen) atoms. The molecule has 0 aliphatic heterocycles. The number of carbonyl (C=O) groups excluding carboxylic acids is 2. The number of rotatable bonds is 4. The SMILES string of the molecule is C[C@@H](Sc1ccc(Cl)cc1)C(=O)NNC(=O)c1ccc(O)cc1. The Morgan fingerprint density at radius 1 is 1.04 bits per heavy atom. The zero-order valence-electron chi connectivity index (χ0n) is 12.2. The summed E-state index contributed by atoms with van der Waals surface area (Å²) in [6, 6.07) is 12.9. The second-order valence-electron chi connectivity index (χ2n) is 4.70. The van der Waals surface area contributed by atoms with Crippen molar-refractivity contribution in [2.75, 3.05) is 0 Å². The Kier molecular flexibility index (Phi) is 5.90. The molecule has 120 valence electrons. The van der Waals surface area contributed by atoms with Crippen LogP contribution in [-0.2, 0) is 4.79 Å². The van der Waals surface area contributed by atoms with Crippen molar-refractivity contribution in [2.45, 2.75) is 17.1 Å². The molecule has 2 aromatic carbocycles. The van der Waals surface area contributed by atoms with Gasteiger partial charge in [0.2, 0.25) is 0 Å². The Balaban J connectivity index is 1.84. The van der Waals surface area contributed by atoms with Crippen LogP contribution in [-0.4, -0.2) is 22.2 Å². The van der Waals surface area contributed by atoms with Gasteiger partial charge in [-0.05, 0) is 55.5 Å². The molecular weight excluding hydrogens is 336 g/mol. The van der Waals surface area contributed by atoms with Crippen LogP contribution < -0.4 is 10.9 Å². The molecule has 5 nitrogen and oxygen atoms in total. The van der Waals surface area contributed by atoms with Gasteiger partial charge in [0.05, 0.1) is 5.25 Å². The first kappa shape index (κ1) is 17.2. The minimum atomic E-state index is -0.456. The van der Waals surface area contributed by atoms with Gasteiger partial charge in [-0.25, -0.2) is 0 Å². The second-order valence-corrected chi connectivity index (χ2v) is 6.55. The van der Waals surface area contributed by atoms with Crippen LogP contribution in [0.15, 0.2) is 53.4 Å². The van der Waals surface area contributed by atoms with E-state index in [9.17, 15) is 14.7 Å². The van der Waals surface area contributed by atoms with Crippen LogP contribution in [0.4, 0.5) is 0 Å². The van der Waals surface area contributed by atoms with Crippen molar-refractivity contribution in [3.8, 4) is 5.75 Å². The summed E-state index contributed by atoms with van der Waals surface area (Å²) in [5.74, 6) is -0.710. The van der Waals surface area contributed by atoms with Gasteiger partial charge in [0, 0.05) is 15.5 Å². The lowest BCUT2D eigenvalue weighted by Crippen LogP contribution is -2.44. The summed E-state index contributed by atoms with van der Waals surface area (Å²) >= 11 is 7.17. The molecule has 2 amide bonds. The highest BCUT2D eigenvalue weighted by Gasteiger charge is 2.15. The highest BCUT2D eigenvalue weighted by molar-refractivity contribution is 8.00. The summed E-state index contributed by atoms with van der Waals surface area (Å²) in [6.07, 6.45) is 0. The van der Waals surface area contributed by atoms with Crippen LogP contribution in [0.1, 0.15) is 17.3 Å². The standard InChI is InChI=1S/C16H15ClN2O3S/c1-10(23-14-8-4-12(17)5-9-14)15(21)18-19-16(22)11-2-6-13(20)7-3-11/h2-10,20H,1H3,(H,18,21)(H,19,22)/t10-/m1/s1. The van der Waals surface area contributed by atoms with Crippen molar-refractivity contribution in [3.05, 3.63) is 59.1 Å². The molecule has 0 spiro atoms. The van der Waals surface area contributed by atoms with Crippen molar-refractivity contribution in [3.63, 3.8) is 0 Å². The van der Waals surface area contributed by atoms with E-state index in [0.29, 0.717) is 10.6 Å². The topological polar surface area (TPSA) is 78.4 Å². The van der Waals surface area contributed by atoms with Crippen molar-refractivity contribution in [1.82, 2.24) is 10.9 Å². The number of phenols is 1. The average Bonchev–Trinajstić information content (AvgIpc) is 2.55. The third-order valence-electron chi connectivity index (χ3n) is 2.92. The Morgan fingerprint density at radius 3 is 2.26 bits per heavy atom. The monoisotopic (exact) mass is 350 g/mol. The summed E-state index contributed by atoms with van der Waals surface area (Å²) in [7, 11) is 0. The summed E-state index contributed by atoms with van der Waals surface area (Å²) < 4.78 is 0. The maximum Gasteiger partial charge on any atom is 0.269 e. The maximum absolute atomic E-state index is 12.0. The number of hydrogen-bond donors (Lipinski definition) is 3. The molecule has 0 aromatic heterocycles. The average molecular weight is 351 g/mol. The first-order valence-corrected chi connectivity index (χ1v) is 8.03. The van der Waals surface area contributed by atoms with Gasteiger partial charge in [-0.1, -0.05) is 11.6 Å². The Bertz CT molecular complexity index is 689. The molecule has 0 bridgehead atoms. The van der Waals surface area contributed by atoms with Gasteiger partial charge in [-0.2, -0.15) is 0 Å². The Labute approximate surface area is 143 Å². The van der Waals surface area contributed by atoms with Gasteiger partial charge < -0.3 is 5.11 Å². The molecule has 0 heterocycles. The number of nitrogens with one attached hydrogen (secondary N) is 2. The first-order chi connectivity index (χ1) is 11.0. The Morgan fingerprint density at radius 2 is 1.65 bits per heavy atom. The van der Waals surface area contributed by atoms with E-state index in [1.807, 2.05) is 12.1 Å². The van der Waals surface area contributed by atoms with Gasteiger partial charge in [-0.3, -0.25) is 20.4 Å². The molecule has 0 fully saturated rings. The van der Waals surface area contributed by atoms with E-state index in [1.165, 1.54) is 36.0 Å². The lowest BCUT2D eigenvalue weighted by Gasteiger charge is -2.13. The van der Waals surface area contributed by atoms with E-state index in [-0.39, 0.29) is 11.7 Å². The lowest BCUT2D eigenvalue weighted by molar-refractivity contribution is -0.121. The van der Waals surface area contributed by atoms with E-state index in [1.54, 1.807) is 19.1 Å². The van der Waals surface area contributed by atoms with Crippen LogP contribution in [0.5, 0.6) is 5.75 Å². The number of hydrazine groups is 1. The zero-order chi connectivity index (χ0) is 16.8. The fraction of sp³-hybridized carbons (Fsp3) is 0.125. The van der Waals surface area contributed by atoms with Gasteiger partial charge in [0.15, 0.2) is 0 Å². The van der Waals surface area contributed by atoms with E-state index in [0.717, 1.165) is 4.90 Å². The van der Waals surface area contributed by atoms with E-state index < -0.39 is 11.2 Å². The fourth-order valence-corrected chi connectivity index (χ4v) is 2.67. The van der Waals surface area contributed by atoms with Crippen molar-refractivity contribution in [2.24, 2.45) is 0 Å². The van der Waals surface area contributed by atoms with Gasteiger partial charge in [-0.15, -0.1) is 11.8 Å².